The van der Waals surface area contributed by atoms with Crippen LogP contribution in [0.1, 0.15) is 47.9 Å². The van der Waals surface area contributed by atoms with E-state index in [1.807, 2.05) is 66.7 Å². The van der Waals surface area contributed by atoms with E-state index in [4.69, 9.17) is 37.2 Å². The minimum absolute atomic E-state index is 0.204. The van der Waals surface area contributed by atoms with Gasteiger partial charge in [0.2, 0.25) is 0 Å². The lowest BCUT2D eigenvalue weighted by Crippen LogP contribution is -2.46. The zero-order valence-corrected chi connectivity index (χ0v) is 31.1. The number of ether oxygens (including phenoxy) is 2. The predicted molar refractivity (Wildman–Crippen MR) is 208 cm³/mol. The van der Waals surface area contributed by atoms with Gasteiger partial charge in [-0.1, -0.05) is 103 Å². The van der Waals surface area contributed by atoms with Gasteiger partial charge in [0.25, 0.3) is 0 Å². The van der Waals surface area contributed by atoms with Crippen molar-refractivity contribution in [1.82, 2.24) is 10.2 Å². The molecule has 0 saturated heterocycles. The van der Waals surface area contributed by atoms with Gasteiger partial charge in [-0.05, 0) is 53.3 Å². The number of urea groups is 1. The smallest absolute Gasteiger partial charge is 0.390 e. The van der Waals surface area contributed by atoms with Gasteiger partial charge in [0.15, 0.2) is 0 Å². The molecule has 5 rings (SSSR count). The third kappa shape index (κ3) is 12.5. The van der Waals surface area contributed by atoms with Crippen molar-refractivity contribution in [3.63, 3.8) is 0 Å². The molecular formula is C42H45ClF3N5O4. The number of allylic oxidation sites excluding steroid dienone is 1. The Bertz CT molecular complexity index is 1890. The molecule has 0 atom stereocenters. The number of carbonyl (C=O) groups excluding carboxylic acids is 1. The number of benzene rings is 4. The molecule has 2 amide bonds. The molecule has 0 heterocycles. The summed E-state index contributed by atoms with van der Waals surface area (Å²) in [6.45, 7) is 0.321. The summed E-state index contributed by atoms with van der Waals surface area (Å²) in [5.41, 5.74) is 11.3. The zero-order chi connectivity index (χ0) is 39.3. The first-order chi connectivity index (χ1) is 26.4. The number of nitrogens with zero attached hydrogens (tertiary/aromatic N) is 2. The fourth-order valence-electron chi connectivity index (χ4n) is 6.30. The second-order valence-corrected chi connectivity index (χ2v) is 14.0. The largest absolute Gasteiger partial charge is 0.400 e. The molecule has 0 radical (unpaired) electrons. The van der Waals surface area contributed by atoms with Gasteiger partial charge in [-0.3, -0.25) is 15.3 Å². The van der Waals surface area contributed by atoms with Crippen molar-refractivity contribution in [2.45, 2.75) is 51.7 Å². The summed E-state index contributed by atoms with van der Waals surface area (Å²) in [4.78, 5) is 19.2. The number of aliphatic hydroxyl groups excluding tert-OH is 1. The third-order valence-corrected chi connectivity index (χ3v) is 9.50. The van der Waals surface area contributed by atoms with E-state index in [1.54, 1.807) is 18.2 Å². The first-order valence-corrected chi connectivity index (χ1v) is 18.3. The van der Waals surface area contributed by atoms with Gasteiger partial charge in [0.05, 0.1) is 51.7 Å². The maximum Gasteiger partial charge on any atom is 0.390 e. The first-order valence-electron chi connectivity index (χ1n) is 17.9. The monoisotopic (exact) mass is 775 g/mol. The van der Waals surface area contributed by atoms with E-state index in [2.05, 4.69) is 5.32 Å². The van der Waals surface area contributed by atoms with Gasteiger partial charge in [-0.25, -0.2) is 4.79 Å². The number of rotatable bonds is 15. The normalized spacial score (nSPS) is 15.8. The van der Waals surface area contributed by atoms with Gasteiger partial charge >= 0.3 is 12.2 Å². The molecule has 290 valence electrons. The van der Waals surface area contributed by atoms with Crippen molar-refractivity contribution >= 4 is 34.9 Å². The Kier molecular flexibility index (Phi) is 14.6. The fourth-order valence-corrected chi connectivity index (χ4v) is 6.48. The number of amidine groups is 1. The van der Waals surface area contributed by atoms with E-state index < -0.39 is 36.4 Å². The Morgan fingerprint density at radius 1 is 0.909 bits per heavy atom. The molecule has 0 aromatic heterocycles. The Hall–Kier alpha value is -5.01. The molecule has 13 heteroatoms. The topological polar surface area (TPSA) is 133 Å². The summed E-state index contributed by atoms with van der Waals surface area (Å²) in [5.74, 6) is -0.422. The molecule has 1 saturated carbocycles. The molecular weight excluding hydrogens is 731 g/mol. The van der Waals surface area contributed by atoms with E-state index in [0.29, 0.717) is 73.2 Å². The number of carbonyl (C=O) groups is 1. The Labute approximate surface area is 324 Å². The molecule has 0 spiro atoms. The fraction of sp³-hybridized carbons (Fsp3) is 0.310. The van der Waals surface area contributed by atoms with Gasteiger partial charge in [0, 0.05) is 40.4 Å². The number of hydrogen-bond acceptors (Lipinski definition) is 7. The van der Waals surface area contributed by atoms with Gasteiger partial charge in [-0.15, -0.1) is 0 Å². The van der Waals surface area contributed by atoms with E-state index in [9.17, 15) is 23.1 Å². The van der Waals surface area contributed by atoms with E-state index in [0.717, 1.165) is 16.0 Å². The Morgan fingerprint density at radius 3 is 2.09 bits per heavy atom. The van der Waals surface area contributed by atoms with Crippen molar-refractivity contribution in [2.24, 2.45) is 16.1 Å². The number of alkyl halides is 3. The molecule has 9 nitrogen and oxygen atoms in total. The molecule has 5 N–H and O–H groups in total. The quantitative estimate of drug-likeness (QED) is 0.0709. The highest BCUT2D eigenvalue weighted by Gasteiger charge is 2.39. The van der Waals surface area contributed by atoms with Crippen LogP contribution in [0.25, 0.3) is 0 Å². The summed E-state index contributed by atoms with van der Waals surface area (Å²) < 4.78 is 52.6. The highest BCUT2D eigenvalue weighted by atomic mass is 35.5. The standard InChI is InChI=1S/C42H45ClF3N5O4/c43-34-12-7-13-35(22-34)50-38-23-41(28-54-26-31-8-3-1-4-9-31,29-55-27-32-10-5-2-6-11-32)19-18-36(38)37(47)24-49-40(53)51(21-20-42(44,45)46)39(48)33-16-14-30(25-52)15-17-33/h1-17,22,48,52H,18-21,23-29,47H2,(H,49,53)/b37-36-,48-39?,50-38?. The molecule has 1 fully saturated rings. The number of aliphatic imine (C=N–C) groups is 1. The van der Waals surface area contributed by atoms with Gasteiger partial charge in [0.1, 0.15) is 5.84 Å². The minimum Gasteiger partial charge on any atom is -0.400 e. The summed E-state index contributed by atoms with van der Waals surface area (Å²) in [6, 6.07) is 31.9. The van der Waals surface area contributed by atoms with Crippen LogP contribution in [-0.4, -0.2) is 60.1 Å². The Balaban J connectivity index is 1.39. The lowest BCUT2D eigenvalue weighted by Gasteiger charge is -2.39. The predicted octanol–water partition coefficient (Wildman–Crippen LogP) is 8.71. The lowest BCUT2D eigenvalue weighted by atomic mass is 9.71. The van der Waals surface area contributed by atoms with Crippen molar-refractivity contribution in [2.75, 3.05) is 26.3 Å². The van der Waals surface area contributed by atoms with Crippen molar-refractivity contribution in [1.29, 1.82) is 5.41 Å². The second kappa shape index (κ2) is 19.5. The van der Waals surface area contributed by atoms with E-state index in [1.165, 1.54) is 24.3 Å². The zero-order valence-electron chi connectivity index (χ0n) is 30.3. The van der Waals surface area contributed by atoms with Crippen LogP contribution in [0.5, 0.6) is 0 Å². The highest BCUT2D eigenvalue weighted by Crippen LogP contribution is 2.40. The van der Waals surface area contributed by atoms with E-state index in [-0.39, 0.29) is 24.4 Å². The van der Waals surface area contributed by atoms with Crippen molar-refractivity contribution in [3.8, 4) is 0 Å². The maximum atomic E-state index is 13.5. The average molecular weight is 776 g/mol. The summed E-state index contributed by atoms with van der Waals surface area (Å²) in [5, 5.41) is 21.1. The number of nitrogens with two attached hydrogens (primary N) is 1. The Morgan fingerprint density at radius 2 is 1.53 bits per heavy atom. The van der Waals surface area contributed by atoms with Crippen LogP contribution in [0.4, 0.5) is 23.7 Å². The maximum absolute atomic E-state index is 13.5. The first kappa shape index (κ1) is 41.2. The SMILES string of the molecule is N=C(c1ccc(CO)cc1)N(CCC(F)(F)F)C(=O)NC/C(N)=C1\CCC(COCc2ccccc2)(COCc2ccccc2)CC1=Nc1cccc(Cl)c1. The highest BCUT2D eigenvalue weighted by molar-refractivity contribution is 6.30. The average Bonchev–Trinajstić information content (AvgIpc) is 3.17. The number of nitrogens with one attached hydrogen (secondary N) is 2. The number of halogens is 4. The van der Waals surface area contributed by atoms with Crippen LogP contribution in [0.15, 0.2) is 125 Å². The molecule has 4 aromatic carbocycles. The molecule has 0 aliphatic heterocycles. The molecule has 0 unspecified atom stereocenters. The van der Waals surface area contributed by atoms with Crippen LogP contribution >= 0.6 is 11.6 Å². The van der Waals surface area contributed by atoms with Crippen LogP contribution in [0.3, 0.4) is 0 Å². The van der Waals surface area contributed by atoms with Crippen LogP contribution in [0, 0.1) is 10.8 Å². The minimum atomic E-state index is -4.56. The van der Waals surface area contributed by atoms with E-state index >= 15 is 0 Å². The third-order valence-electron chi connectivity index (χ3n) is 9.27. The molecule has 55 heavy (non-hydrogen) atoms. The van der Waals surface area contributed by atoms with Gasteiger partial charge < -0.3 is 25.6 Å². The molecule has 4 aromatic rings. The number of amides is 2. The summed E-state index contributed by atoms with van der Waals surface area (Å²) >= 11 is 6.33. The second-order valence-electron chi connectivity index (χ2n) is 13.6. The molecule has 1 aliphatic rings. The van der Waals surface area contributed by atoms with Crippen molar-refractivity contribution in [3.05, 3.63) is 148 Å². The van der Waals surface area contributed by atoms with Crippen LogP contribution in [-0.2, 0) is 29.3 Å². The van der Waals surface area contributed by atoms with Crippen LogP contribution < -0.4 is 11.1 Å². The van der Waals surface area contributed by atoms with Crippen LogP contribution in [0.2, 0.25) is 5.02 Å². The number of aliphatic hydroxyl groups is 1. The summed E-state index contributed by atoms with van der Waals surface area (Å²) in [6.07, 6.45) is -4.39. The van der Waals surface area contributed by atoms with Crippen molar-refractivity contribution < 1.29 is 32.5 Å². The lowest BCUT2D eigenvalue weighted by molar-refractivity contribution is -0.135. The molecule has 1 aliphatic carbocycles. The van der Waals surface area contributed by atoms with Gasteiger partial charge in [-0.2, -0.15) is 13.2 Å². The number of hydrogen-bond donors (Lipinski definition) is 4. The molecule has 0 bridgehead atoms. The summed E-state index contributed by atoms with van der Waals surface area (Å²) in [7, 11) is 0.